The molecule has 0 unspecified atom stereocenters. The summed E-state index contributed by atoms with van der Waals surface area (Å²) in [5.74, 6) is 0.718. The molecular weight excluding hydrogens is 356 g/mol. The molecule has 0 saturated carbocycles. The molecule has 0 radical (unpaired) electrons. The maximum Gasteiger partial charge on any atom is 0.235 e. The van der Waals surface area contributed by atoms with Crippen molar-refractivity contribution in [2.75, 3.05) is 19.0 Å². The molecule has 2 aromatic heterocycles. The summed E-state index contributed by atoms with van der Waals surface area (Å²) in [6, 6.07) is 27.5. The van der Waals surface area contributed by atoms with Crippen LogP contribution in [0.3, 0.4) is 0 Å². The van der Waals surface area contributed by atoms with Crippen LogP contribution in [0, 0.1) is 6.92 Å². The molecule has 0 atom stereocenters. The van der Waals surface area contributed by atoms with Gasteiger partial charge in [0.15, 0.2) is 0 Å². The van der Waals surface area contributed by atoms with E-state index in [2.05, 4.69) is 91.0 Å². The van der Waals surface area contributed by atoms with Gasteiger partial charge in [-0.25, -0.2) is 9.97 Å². The van der Waals surface area contributed by atoms with Gasteiger partial charge >= 0.3 is 0 Å². The van der Waals surface area contributed by atoms with E-state index in [1.165, 1.54) is 11.3 Å². The Hall–Kier alpha value is -3.66. The molecule has 2 heterocycles. The molecule has 142 valence electrons. The lowest BCUT2D eigenvalue weighted by Crippen LogP contribution is -2.08. The molecule has 0 spiro atoms. The van der Waals surface area contributed by atoms with Crippen LogP contribution in [-0.4, -0.2) is 28.5 Å². The zero-order chi connectivity index (χ0) is 20.0. The van der Waals surface area contributed by atoms with Crippen LogP contribution < -0.4 is 4.90 Å². The first-order valence-corrected chi connectivity index (χ1v) is 9.73. The number of fused-ring (bicyclic) bond motifs is 3. The molecule has 0 aliphatic heterocycles. The first-order chi connectivity index (χ1) is 14.1. The molecule has 0 aliphatic carbocycles. The molecule has 29 heavy (non-hydrogen) atoms. The second kappa shape index (κ2) is 6.74. The van der Waals surface area contributed by atoms with Gasteiger partial charge in [-0.05, 0) is 42.8 Å². The van der Waals surface area contributed by atoms with Crippen molar-refractivity contribution in [3.8, 4) is 22.5 Å². The number of aryl methyl sites for hydroxylation is 1. The van der Waals surface area contributed by atoms with Crippen LogP contribution in [0.5, 0.6) is 0 Å². The SMILES string of the molecule is Cc1ccc(-c2cc(-c3ccc(N(C)C)cc3)n3c(n2)nc2ccccc23)cc1. The lowest BCUT2D eigenvalue weighted by atomic mass is 10.1. The predicted octanol–water partition coefficient (Wildman–Crippen LogP) is 5.59. The smallest absolute Gasteiger partial charge is 0.235 e. The second-order valence-electron chi connectivity index (χ2n) is 7.57. The van der Waals surface area contributed by atoms with Crippen LogP contribution in [0.2, 0.25) is 0 Å². The van der Waals surface area contributed by atoms with Gasteiger partial charge in [0, 0.05) is 25.3 Å². The van der Waals surface area contributed by atoms with Crippen LogP contribution in [0.1, 0.15) is 5.56 Å². The van der Waals surface area contributed by atoms with Crippen molar-refractivity contribution in [1.82, 2.24) is 14.4 Å². The quantitative estimate of drug-likeness (QED) is 0.410. The van der Waals surface area contributed by atoms with Crippen LogP contribution >= 0.6 is 0 Å². The van der Waals surface area contributed by atoms with Gasteiger partial charge in [-0.15, -0.1) is 0 Å². The highest BCUT2D eigenvalue weighted by atomic mass is 15.1. The third kappa shape index (κ3) is 3.03. The van der Waals surface area contributed by atoms with Crippen molar-refractivity contribution in [2.45, 2.75) is 6.92 Å². The maximum atomic E-state index is 4.89. The van der Waals surface area contributed by atoms with E-state index >= 15 is 0 Å². The number of anilines is 1. The summed E-state index contributed by atoms with van der Waals surface area (Å²) >= 11 is 0. The van der Waals surface area contributed by atoms with Crippen LogP contribution in [0.15, 0.2) is 78.9 Å². The monoisotopic (exact) mass is 378 g/mol. The van der Waals surface area contributed by atoms with Gasteiger partial charge in [0.2, 0.25) is 5.78 Å². The van der Waals surface area contributed by atoms with Gasteiger partial charge in [0.25, 0.3) is 0 Å². The summed E-state index contributed by atoms with van der Waals surface area (Å²) in [6.07, 6.45) is 0. The minimum Gasteiger partial charge on any atom is -0.378 e. The number of hydrogen-bond acceptors (Lipinski definition) is 3. The number of rotatable bonds is 3. The topological polar surface area (TPSA) is 33.4 Å². The molecule has 5 aromatic rings. The van der Waals surface area contributed by atoms with Gasteiger partial charge in [0.1, 0.15) is 0 Å². The van der Waals surface area contributed by atoms with E-state index < -0.39 is 0 Å². The summed E-state index contributed by atoms with van der Waals surface area (Å²) in [7, 11) is 4.11. The number of imidazole rings is 1. The van der Waals surface area contributed by atoms with Crippen molar-refractivity contribution in [1.29, 1.82) is 0 Å². The predicted molar refractivity (Wildman–Crippen MR) is 120 cm³/mol. The van der Waals surface area contributed by atoms with Crippen LogP contribution in [0.25, 0.3) is 39.3 Å². The summed E-state index contributed by atoms with van der Waals surface area (Å²) in [4.78, 5) is 11.8. The third-order valence-corrected chi connectivity index (χ3v) is 5.30. The molecule has 0 aliphatic rings. The Balaban J connectivity index is 1.80. The largest absolute Gasteiger partial charge is 0.378 e. The highest BCUT2D eigenvalue weighted by molar-refractivity contribution is 5.84. The van der Waals surface area contributed by atoms with Gasteiger partial charge < -0.3 is 4.90 Å². The Bertz CT molecular complexity index is 1310. The Labute approximate surface area is 170 Å². The van der Waals surface area contributed by atoms with E-state index in [4.69, 9.17) is 9.97 Å². The fraction of sp³-hybridized carbons (Fsp3) is 0.120. The third-order valence-electron chi connectivity index (χ3n) is 5.30. The van der Waals surface area contributed by atoms with E-state index in [1.54, 1.807) is 0 Å². The molecule has 4 nitrogen and oxygen atoms in total. The number of nitrogens with zero attached hydrogens (tertiary/aromatic N) is 4. The number of hydrogen-bond donors (Lipinski definition) is 0. The molecular formula is C25H22N4. The van der Waals surface area contributed by atoms with Gasteiger partial charge in [-0.1, -0.05) is 54.1 Å². The van der Waals surface area contributed by atoms with Gasteiger partial charge in [-0.2, -0.15) is 0 Å². The van der Waals surface area contributed by atoms with E-state index in [0.717, 1.165) is 39.3 Å². The zero-order valence-electron chi connectivity index (χ0n) is 16.8. The number of para-hydroxylation sites is 2. The summed E-state index contributed by atoms with van der Waals surface area (Å²) in [6.45, 7) is 2.10. The van der Waals surface area contributed by atoms with Crippen LogP contribution in [-0.2, 0) is 0 Å². The van der Waals surface area contributed by atoms with E-state index in [1.807, 2.05) is 18.2 Å². The highest BCUT2D eigenvalue weighted by Crippen LogP contribution is 2.30. The molecule has 0 N–H and O–H groups in total. The van der Waals surface area contributed by atoms with E-state index in [-0.39, 0.29) is 0 Å². The summed E-state index contributed by atoms with van der Waals surface area (Å²) in [5.41, 5.74) is 8.68. The Morgan fingerprint density at radius 2 is 1.45 bits per heavy atom. The Morgan fingerprint density at radius 1 is 0.759 bits per heavy atom. The minimum atomic E-state index is 0.718. The molecule has 0 bridgehead atoms. The lowest BCUT2D eigenvalue weighted by Gasteiger charge is -2.14. The van der Waals surface area contributed by atoms with Crippen molar-refractivity contribution in [2.24, 2.45) is 0 Å². The van der Waals surface area contributed by atoms with Crippen molar-refractivity contribution < 1.29 is 0 Å². The van der Waals surface area contributed by atoms with E-state index in [9.17, 15) is 0 Å². The molecule has 5 rings (SSSR count). The molecule has 3 aromatic carbocycles. The number of benzene rings is 3. The van der Waals surface area contributed by atoms with Gasteiger partial charge in [-0.3, -0.25) is 4.40 Å². The average Bonchev–Trinajstić information content (AvgIpc) is 3.12. The standard InChI is InChI=1S/C25H22N4/c1-17-8-10-18(11-9-17)22-16-24(19-12-14-20(15-13-19)28(2)3)29-23-7-5-4-6-21(23)26-25(29)27-22/h4-16H,1-3H3. The van der Waals surface area contributed by atoms with Gasteiger partial charge in [0.05, 0.1) is 22.4 Å². The average molecular weight is 378 g/mol. The Morgan fingerprint density at radius 3 is 2.17 bits per heavy atom. The number of aromatic nitrogens is 3. The first kappa shape index (κ1) is 17.4. The van der Waals surface area contributed by atoms with E-state index in [0.29, 0.717) is 0 Å². The second-order valence-corrected chi connectivity index (χ2v) is 7.57. The lowest BCUT2D eigenvalue weighted by molar-refractivity contribution is 1.13. The van der Waals surface area contributed by atoms with Crippen molar-refractivity contribution >= 4 is 22.5 Å². The zero-order valence-corrected chi connectivity index (χ0v) is 16.8. The van der Waals surface area contributed by atoms with Crippen molar-refractivity contribution in [3.63, 3.8) is 0 Å². The van der Waals surface area contributed by atoms with Crippen molar-refractivity contribution in [3.05, 3.63) is 84.4 Å². The molecule has 0 saturated heterocycles. The fourth-order valence-corrected chi connectivity index (χ4v) is 3.67. The minimum absolute atomic E-state index is 0.718. The fourth-order valence-electron chi connectivity index (χ4n) is 3.67. The highest BCUT2D eigenvalue weighted by Gasteiger charge is 2.14. The molecule has 0 amide bonds. The molecule has 0 fully saturated rings. The maximum absolute atomic E-state index is 4.89. The summed E-state index contributed by atoms with van der Waals surface area (Å²) in [5, 5.41) is 0. The molecule has 4 heteroatoms. The van der Waals surface area contributed by atoms with Crippen LogP contribution in [0.4, 0.5) is 5.69 Å². The normalized spacial score (nSPS) is 11.3. The summed E-state index contributed by atoms with van der Waals surface area (Å²) < 4.78 is 2.15. The first-order valence-electron chi connectivity index (χ1n) is 9.73. The Kier molecular flexibility index (Phi) is 4.06.